The van der Waals surface area contributed by atoms with Gasteiger partial charge in [0.1, 0.15) is 42.4 Å². The molecular formula is C17H15FO5. The zero-order valence-corrected chi connectivity index (χ0v) is 12.2. The van der Waals surface area contributed by atoms with Gasteiger partial charge >= 0.3 is 0 Å². The number of rotatable bonds is 6. The van der Waals surface area contributed by atoms with Crippen LogP contribution in [0.2, 0.25) is 0 Å². The van der Waals surface area contributed by atoms with Crippen LogP contribution in [0.3, 0.4) is 0 Å². The van der Waals surface area contributed by atoms with E-state index in [0.29, 0.717) is 22.8 Å². The Bertz CT molecular complexity index is 699. The molecule has 120 valence electrons. The van der Waals surface area contributed by atoms with Crippen molar-refractivity contribution in [1.29, 1.82) is 0 Å². The van der Waals surface area contributed by atoms with E-state index in [1.165, 1.54) is 24.3 Å². The fourth-order valence-corrected chi connectivity index (χ4v) is 2.13. The Labute approximate surface area is 132 Å². The number of aliphatic hydroxyl groups excluding tert-OH is 1. The molecule has 0 radical (unpaired) electrons. The molecule has 1 unspecified atom stereocenters. The number of halogens is 1. The van der Waals surface area contributed by atoms with Crippen LogP contribution in [0.1, 0.15) is 10.4 Å². The molecule has 0 spiro atoms. The maximum atomic E-state index is 12.8. The zero-order valence-electron chi connectivity index (χ0n) is 12.2. The van der Waals surface area contributed by atoms with Gasteiger partial charge in [0.05, 0.1) is 5.56 Å². The number of carbonyl (C=O) groups is 1. The van der Waals surface area contributed by atoms with Gasteiger partial charge in [-0.25, -0.2) is 4.39 Å². The molecule has 2 aromatic rings. The van der Waals surface area contributed by atoms with Crippen molar-refractivity contribution in [2.75, 3.05) is 19.8 Å². The van der Waals surface area contributed by atoms with Gasteiger partial charge in [0.2, 0.25) is 5.78 Å². The van der Waals surface area contributed by atoms with Crippen molar-refractivity contribution in [3.63, 3.8) is 0 Å². The van der Waals surface area contributed by atoms with Gasteiger partial charge in [-0.2, -0.15) is 0 Å². The van der Waals surface area contributed by atoms with Crippen LogP contribution >= 0.6 is 0 Å². The van der Waals surface area contributed by atoms with Crippen molar-refractivity contribution in [3.8, 4) is 17.2 Å². The first-order valence-electron chi connectivity index (χ1n) is 7.11. The number of ether oxygens (including phenoxy) is 3. The fraction of sp³-hybridized carbons (Fsp3) is 0.235. The maximum Gasteiger partial charge on any atom is 0.203 e. The van der Waals surface area contributed by atoms with Crippen LogP contribution in [0.15, 0.2) is 42.5 Å². The van der Waals surface area contributed by atoms with Crippen molar-refractivity contribution >= 4 is 5.78 Å². The Morgan fingerprint density at radius 3 is 2.48 bits per heavy atom. The Kier molecular flexibility index (Phi) is 4.43. The molecule has 0 saturated heterocycles. The number of ketones is 1. The predicted molar refractivity (Wildman–Crippen MR) is 79.7 cm³/mol. The number of hydrogen-bond acceptors (Lipinski definition) is 5. The molecule has 2 aromatic carbocycles. The predicted octanol–water partition coefficient (Wildman–Crippen LogP) is 2.22. The maximum absolute atomic E-state index is 12.8. The average molecular weight is 318 g/mol. The summed E-state index contributed by atoms with van der Waals surface area (Å²) in [5.74, 6) is 1.05. The Morgan fingerprint density at radius 2 is 1.74 bits per heavy atom. The third-order valence-corrected chi connectivity index (χ3v) is 3.31. The molecule has 0 aliphatic carbocycles. The minimum absolute atomic E-state index is 0.0194. The first-order chi connectivity index (χ1) is 11.1. The summed E-state index contributed by atoms with van der Waals surface area (Å²) in [7, 11) is 0. The van der Waals surface area contributed by atoms with E-state index in [1.54, 1.807) is 18.2 Å². The van der Waals surface area contributed by atoms with Gasteiger partial charge in [0.25, 0.3) is 0 Å². The third-order valence-electron chi connectivity index (χ3n) is 3.31. The first-order valence-corrected chi connectivity index (χ1v) is 7.11. The van der Waals surface area contributed by atoms with Crippen LogP contribution in [0.5, 0.6) is 17.2 Å². The molecule has 23 heavy (non-hydrogen) atoms. The quantitative estimate of drug-likeness (QED) is 0.885. The van der Waals surface area contributed by atoms with Crippen molar-refractivity contribution in [2.24, 2.45) is 0 Å². The van der Waals surface area contributed by atoms with Crippen LogP contribution < -0.4 is 14.2 Å². The molecule has 0 aromatic heterocycles. The average Bonchev–Trinajstić information content (AvgIpc) is 2.93. The van der Waals surface area contributed by atoms with Gasteiger partial charge in [-0.05, 0) is 36.4 Å². The lowest BCUT2D eigenvalue weighted by molar-refractivity contribution is 0.0625. The number of benzene rings is 2. The molecule has 6 heteroatoms. The standard InChI is InChI=1S/C17H15FO5/c18-11-1-3-13(4-2-11)21-8-12(19)9-22-14-5-6-15-16(20)10-23-17(15)7-14/h1-7,12,19H,8-10H2. The normalized spacial score (nSPS) is 14.1. The molecule has 1 aliphatic rings. The number of carbonyl (C=O) groups excluding carboxylic acids is 1. The highest BCUT2D eigenvalue weighted by atomic mass is 19.1. The summed E-state index contributed by atoms with van der Waals surface area (Å²) < 4.78 is 28.8. The van der Waals surface area contributed by atoms with Crippen molar-refractivity contribution < 1.29 is 28.5 Å². The molecule has 0 bridgehead atoms. The molecule has 0 saturated carbocycles. The summed E-state index contributed by atoms with van der Waals surface area (Å²) in [6, 6.07) is 10.4. The van der Waals surface area contributed by atoms with Crippen molar-refractivity contribution in [1.82, 2.24) is 0 Å². The summed E-state index contributed by atoms with van der Waals surface area (Å²) in [4.78, 5) is 11.4. The molecular weight excluding hydrogens is 303 g/mol. The zero-order chi connectivity index (χ0) is 16.2. The minimum Gasteiger partial charge on any atom is -0.491 e. The van der Waals surface area contributed by atoms with Crippen LogP contribution in [-0.2, 0) is 0 Å². The van der Waals surface area contributed by atoms with E-state index in [1.807, 2.05) is 0 Å². The Morgan fingerprint density at radius 1 is 1.09 bits per heavy atom. The third kappa shape index (κ3) is 3.78. The monoisotopic (exact) mass is 318 g/mol. The molecule has 1 atom stereocenters. The van der Waals surface area contributed by atoms with E-state index in [-0.39, 0.29) is 31.4 Å². The highest BCUT2D eigenvalue weighted by Crippen LogP contribution is 2.29. The number of hydrogen-bond donors (Lipinski definition) is 1. The largest absolute Gasteiger partial charge is 0.491 e. The van der Waals surface area contributed by atoms with Crippen molar-refractivity contribution in [3.05, 3.63) is 53.8 Å². The summed E-state index contributed by atoms with van der Waals surface area (Å²) in [6.45, 7) is 0.0897. The van der Waals surface area contributed by atoms with Crippen LogP contribution in [0.25, 0.3) is 0 Å². The van der Waals surface area contributed by atoms with E-state index in [0.717, 1.165) is 0 Å². The highest BCUT2D eigenvalue weighted by molar-refractivity contribution is 6.02. The summed E-state index contributed by atoms with van der Waals surface area (Å²) in [5.41, 5.74) is 0.539. The Hall–Kier alpha value is -2.60. The first kappa shape index (κ1) is 15.3. The number of aliphatic hydroxyl groups is 1. The molecule has 0 fully saturated rings. The lowest BCUT2D eigenvalue weighted by Gasteiger charge is -2.14. The van der Waals surface area contributed by atoms with Gasteiger partial charge in [-0.3, -0.25) is 4.79 Å². The van der Waals surface area contributed by atoms with E-state index >= 15 is 0 Å². The lowest BCUT2D eigenvalue weighted by atomic mass is 10.1. The molecule has 3 rings (SSSR count). The molecule has 1 N–H and O–H groups in total. The van der Waals surface area contributed by atoms with Gasteiger partial charge in [0, 0.05) is 6.07 Å². The van der Waals surface area contributed by atoms with E-state index in [9.17, 15) is 14.3 Å². The van der Waals surface area contributed by atoms with E-state index in [4.69, 9.17) is 14.2 Å². The van der Waals surface area contributed by atoms with Crippen LogP contribution in [0, 0.1) is 5.82 Å². The fourth-order valence-electron chi connectivity index (χ4n) is 2.13. The molecule has 1 aliphatic heterocycles. The second-order valence-electron chi connectivity index (χ2n) is 5.10. The minimum atomic E-state index is -0.851. The van der Waals surface area contributed by atoms with Gasteiger partial charge in [-0.1, -0.05) is 0 Å². The van der Waals surface area contributed by atoms with E-state index < -0.39 is 6.10 Å². The second kappa shape index (κ2) is 6.66. The van der Waals surface area contributed by atoms with Gasteiger partial charge < -0.3 is 19.3 Å². The van der Waals surface area contributed by atoms with Gasteiger partial charge in [0.15, 0.2) is 6.61 Å². The van der Waals surface area contributed by atoms with E-state index in [2.05, 4.69) is 0 Å². The highest BCUT2D eigenvalue weighted by Gasteiger charge is 2.21. The smallest absolute Gasteiger partial charge is 0.203 e. The SMILES string of the molecule is O=C1COc2cc(OCC(O)COc3ccc(F)cc3)ccc21. The van der Waals surface area contributed by atoms with Crippen molar-refractivity contribution in [2.45, 2.75) is 6.10 Å². The number of fused-ring (bicyclic) bond motifs is 1. The molecule has 5 nitrogen and oxygen atoms in total. The van der Waals surface area contributed by atoms with Gasteiger partial charge in [-0.15, -0.1) is 0 Å². The summed E-state index contributed by atoms with van der Waals surface area (Å²) in [5, 5.41) is 9.85. The summed E-state index contributed by atoms with van der Waals surface area (Å²) >= 11 is 0. The molecule has 1 heterocycles. The topological polar surface area (TPSA) is 65.0 Å². The van der Waals surface area contributed by atoms with Crippen LogP contribution in [0.4, 0.5) is 4.39 Å². The second-order valence-corrected chi connectivity index (χ2v) is 5.10. The van der Waals surface area contributed by atoms with Crippen LogP contribution in [-0.4, -0.2) is 36.8 Å². The Balaban J connectivity index is 1.48. The summed E-state index contributed by atoms with van der Waals surface area (Å²) in [6.07, 6.45) is -0.851. The lowest BCUT2D eigenvalue weighted by Crippen LogP contribution is -2.25. The number of Topliss-reactive ketones (excluding diaryl/α,β-unsaturated/α-hetero) is 1. The molecule has 0 amide bonds.